The van der Waals surface area contributed by atoms with Crippen LogP contribution in [-0.4, -0.2) is 41.0 Å². The molecule has 1 aromatic rings. The van der Waals surface area contributed by atoms with Crippen LogP contribution in [0.4, 0.5) is 0 Å². The van der Waals surface area contributed by atoms with Crippen molar-refractivity contribution in [3.63, 3.8) is 0 Å². The van der Waals surface area contributed by atoms with E-state index in [2.05, 4.69) is 4.98 Å². The summed E-state index contributed by atoms with van der Waals surface area (Å²) in [7, 11) is 2.88. The maximum absolute atomic E-state index is 10.9. The minimum Gasteiger partial charge on any atom is -0.495 e. The molecule has 1 atom stereocenters. The Labute approximate surface area is 98.8 Å². The molecule has 0 amide bonds. The highest BCUT2D eigenvalue weighted by molar-refractivity contribution is 5.77. The van der Waals surface area contributed by atoms with Crippen LogP contribution in [0.25, 0.3) is 0 Å². The third-order valence-electron chi connectivity index (χ3n) is 2.40. The van der Waals surface area contributed by atoms with E-state index in [0.717, 1.165) is 0 Å². The molecule has 0 aliphatic carbocycles. The molecular formula is C11H15NO5. The van der Waals surface area contributed by atoms with Crippen molar-refractivity contribution in [2.24, 2.45) is 0 Å². The summed E-state index contributed by atoms with van der Waals surface area (Å²) in [6, 6.07) is 0. The van der Waals surface area contributed by atoms with Crippen molar-refractivity contribution in [2.75, 3.05) is 14.2 Å². The van der Waals surface area contributed by atoms with Gasteiger partial charge in [-0.05, 0) is 6.92 Å². The third-order valence-corrected chi connectivity index (χ3v) is 2.40. The van der Waals surface area contributed by atoms with Gasteiger partial charge in [-0.1, -0.05) is 0 Å². The number of methoxy groups -OCH3 is 2. The van der Waals surface area contributed by atoms with E-state index in [1.807, 2.05) is 0 Å². The van der Waals surface area contributed by atoms with Crippen molar-refractivity contribution in [3.8, 4) is 11.5 Å². The minimum atomic E-state index is -1.89. The average molecular weight is 241 g/mol. The predicted octanol–water partition coefficient (Wildman–Crippen LogP) is 0.477. The van der Waals surface area contributed by atoms with E-state index in [1.165, 1.54) is 33.5 Å². The number of rotatable bonds is 5. The number of hydrogen-bond donors (Lipinski definition) is 2. The SMILES string of the molecule is COc1cncc(OC)c1CC(C)(O)C(=O)O. The third kappa shape index (κ3) is 2.85. The molecule has 1 heterocycles. The lowest BCUT2D eigenvalue weighted by Gasteiger charge is -2.20. The number of carboxylic acids is 1. The van der Waals surface area contributed by atoms with Crippen LogP contribution in [0, 0.1) is 0 Å². The van der Waals surface area contributed by atoms with Gasteiger partial charge in [-0.2, -0.15) is 0 Å². The number of nitrogens with zero attached hydrogens (tertiary/aromatic N) is 1. The first-order valence-electron chi connectivity index (χ1n) is 4.93. The van der Waals surface area contributed by atoms with Gasteiger partial charge in [0.25, 0.3) is 0 Å². The van der Waals surface area contributed by atoms with Gasteiger partial charge < -0.3 is 19.7 Å². The Morgan fingerprint density at radius 3 is 2.18 bits per heavy atom. The van der Waals surface area contributed by atoms with Crippen LogP contribution in [0.5, 0.6) is 11.5 Å². The molecule has 1 aromatic heterocycles. The summed E-state index contributed by atoms with van der Waals surface area (Å²) in [6.45, 7) is 1.22. The number of aromatic nitrogens is 1. The molecule has 17 heavy (non-hydrogen) atoms. The molecule has 0 saturated carbocycles. The Morgan fingerprint density at radius 1 is 1.35 bits per heavy atom. The number of aliphatic carboxylic acids is 1. The lowest BCUT2D eigenvalue weighted by Crippen LogP contribution is -2.37. The summed E-state index contributed by atoms with van der Waals surface area (Å²) in [4.78, 5) is 14.8. The molecule has 2 N–H and O–H groups in total. The second kappa shape index (κ2) is 5.01. The summed E-state index contributed by atoms with van der Waals surface area (Å²) in [6.07, 6.45) is 2.75. The van der Waals surface area contributed by atoms with Gasteiger partial charge in [0.05, 0.1) is 26.6 Å². The molecule has 0 aliphatic heterocycles. The Balaban J connectivity index is 3.16. The summed E-state index contributed by atoms with van der Waals surface area (Å²) < 4.78 is 10.1. The molecular weight excluding hydrogens is 226 g/mol. The quantitative estimate of drug-likeness (QED) is 0.779. The fourth-order valence-electron chi connectivity index (χ4n) is 1.40. The predicted molar refractivity (Wildman–Crippen MR) is 59.3 cm³/mol. The van der Waals surface area contributed by atoms with Crippen LogP contribution >= 0.6 is 0 Å². The molecule has 0 aromatic carbocycles. The molecule has 94 valence electrons. The maximum Gasteiger partial charge on any atom is 0.335 e. The number of ether oxygens (including phenoxy) is 2. The zero-order chi connectivity index (χ0) is 13.1. The van der Waals surface area contributed by atoms with E-state index in [9.17, 15) is 9.90 Å². The number of pyridine rings is 1. The van der Waals surface area contributed by atoms with Crippen LogP contribution in [0.2, 0.25) is 0 Å². The first kappa shape index (κ1) is 13.2. The lowest BCUT2D eigenvalue weighted by molar-refractivity contribution is -0.156. The molecule has 0 radical (unpaired) electrons. The Bertz CT molecular complexity index is 394. The Morgan fingerprint density at radius 2 is 1.82 bits per heavy atom. The second-order valence-corrected chi connectivity index (χ2v) is 3.78. The minimum absolute atomic E-state index is 0.128. The smallest absolute Gasteiger partial charge is 0.335 e. The normalized spacial score (nSPS) is 13.9. The van der Waals surface area contributed by atoms with Crippen molar-refractivity contribution in [3.05, 3.63) is 18.0 Å². The van der Waals surface area contributed by atoms with Crippen LogP contribution in [0.3, 0.4) is 0 Å². The van der Waals surface area contributed by atoms with Gasteiger partial charge in [-0.3, -0.25) is 4.98 Å². The van der Waals surface area contributed by atoms with Gasteiger partial charge in [0, 0.05) is 12.0 Å². The fraction of sp³-hybridized carbons (Fsp3) is 0.455. The van der Waals surface area contributed by atoms with Gasteiger partial charge in [0.15, 0.2) is 5.60 Å². The number of aliphatic hydroxyl groups is 1. The van der Waals surface area contributed by atoms with Crippen LogP contribution in [0.1, 0.15) is 12.5 Å². The van der Waals surface area contributed by atoms with Crippen molar-refractivity contribution >= 4 is 5.97 Å². The van der Waals surface area contributed by atoms with Crippen molar-refractivity contribution in [1.29, 1.82) is 0 Å². The van der Waals surface area contributed by atoms with E-state index in [-0.39, 0.29) is 6.42 Å². The molecule has 0 saturated heterocycles. The number of carboxylic acid groups (broad SMARTS) is 1. The zero-order valence-electron chi connectivity index (χ0n) is 9.93. The first-order valence-corrected chi connectivity index (χ1v) is 4.93. The topological polar surface area (TPSA) is 88.9 Å². The van der Waals surface area contributed by atoms with E-state index in [1.54, 1.807) is 0 Å². The van der Waals surface area contributed by atoms with Gasteiger partial charge in [0.2, 0.25) is 0 Å². The molecule has 0 aliphatic rings. The van der Waals surface area contributed by atoms with Crippen molar-refractivity contribution < 1.29 is 24.5 Å². The highest BCUT2D eigenvalue weighted by atomic mass is 16.5. The van der Waals surface area contributed by atoms with Crippen LogP contribution in [0.15, 0.2) is 12.4 Å². The molecule has 1 unspecified atom stereocenters. The summed E-state index contributed by atoms with van der Waals surface area (Å²) in [5.74, 6) is -0.546. The molecule has 6 heteroatoms. The maximum atomic E-state index is 10.9. The first-order chi connectivity index (χ1) is 7.92. The van der Waals surface area contributed by atoms with Gasteiger partial charge in [0.1, 0.15) is 11.5 Å². The second-order valence-electron chi connectivity index (χ2n) is 3.78. The van der Waals surface area contributed by atoms with Gasteiger partial charge in [-0.15, -0.1) is 0 Å². The Hall–Kier alpha value is -1.82. The van der Waals surface area contributed by atoms with E-state index < -0.39 is 11.6 Å². The monoisotopic (exact) mass is 241 g/mol. The largest absolute Gasteiger partial charge is 0.495 e. The van der Waals surface area contributed by atoms with Crippen molar-refractivity contribution in [1.82, 2.24) is 4.98 Å². The summed E-state index contributed by atoms with van der Waals surface area (Å²) >= 11 is 0. The highest BCUT2D eigenvalue weighted by Crippen LogP contribution is 2.30. The summed E-state index contributed by atoms with van der Waals surface area (Å²) in [5, 5.41) is 18.6. The molecule has 6 nitrogen and oxygen atoms in total. The Kier molecular flexibility index (Phi) is 3.90. The molecule has 1 rings (SSSR count). The average Bonchev–Trinajstić information content (AvgIpc) is 2.28. The van der Waals surface area contributed by atoms with Crippen LogP contribution in [-0.2, 0) is 11.2 Å². The highest BCUT2D eigenvalue weighted by Gasteiger charge is 2.32. The summed E-state index contributed by atoms with van der Waals surface area (Å²) in [5.41, 5.74) is -1.42. The van der Waals surface area contributed by atoms with E-state index in [0.29, 0.717) is 17.1 Å². The van der Waals surface area contributed by atoms with Gasteiger partial charge >= 0.3 is 5.97 Å². The number of hydrogen-bond acceptors (Lipinski definition) is 5. The zero-order valence-corrected chi connectivity index (χ0v) is 9.93. The van der Waals surface area contributed by atoms with E-state index in [4.69, 9.17) is 14.6 Å². The molecule has 0 bridgehead atoms. The molecule has 0 spiro atoms. The van der Waals surface area contributed by atoms with Gasteiger partial charge in [-0.25, -0.2) is 4.79 Å². The van der Waals surface area contributed by atoms with E-state index >= 15 is 0 Å². The van der Waals surface area contributed by atoms with Crippen LogP contribution < -0.4 is 9.47 Å². The van der Waals surface area contributed by atoms with Crippen molar-refractivity contribution in [2.45, 2.75) is 18.9 Å². The number of carbonyl (C=O) groups is 1. The lowest BCUT2D eigenvalue weighted by atomic mass is 9.96. The fourth-order valence-corrected chi connectivity index (χ4v) is 1.40. The standard InChI is InChI=1S/C11H15NO5/c1-11(15,10(13)14)4-7-8(16-2)5-12-6-9(7)17-3/h5-6,15H,4H2,1-3H3,(H,13,14). The molecule has 0 fully saturated rings.